The highest BCUT2D eigenvalue weighted by atomic mass is 32.1. The summed E-state index contributed by atoms with van der Waals surface area (Å²) in [5, 5.41) is 9.70. The lowest BCUT2D eigenvalue weighted by Crippen LogP contribution is -2.41. The van der Waals surface area contributed by atoms with Gasteiger partial charge in [-0.2, -0.15) is 0 Å². The van der Waals surface area contributed by atoms with Crippen molar-refractivity contribution < 1.29 is 19.1 Å². The van der Waals surface area contributed by atoms with Crippen LogP contribution in [0.2, 0.25) is 0 Å². The molecule has 1 heterocycles. The van der Waals surface area contributed by atoms with E-state index < -0.39 is 12.1 Å². The van der Waals surface area contributed by atoms with Gasteiger partial charge in [-0.05, 0) is 49.6 Å². The molecule has 0 aliphatic heterocycles. The molecule has 1 atom stereocenters. The summed E-state index contributed by atoms with van der Waals surface area (Å²) in [5.41, 5.74) is 1.10. The number of anilines is 2. The molecule has 2 aromatic rings. The minimum atomic E-state index is -0.688. The summed E-state index contributed by atoms with van der Waals surface area (Å²) in [6.45, 7) is 3.61. The van der Waals surface area contributed by atoms with Crippen molar-refractivity contribution in [3.05, 3.63) is 46.7 Å². The molecular weight excluding hydrogens is 342 g/mol. The molecule has 0 saturated carbocycles. The van der Waals surface area contributed by atoms with Crippen molar-refractivity contribution in [1.82, 2.24) is 5.32 Å². The number of rotatable bonds is 6. The molecule has 0 aliphatic carbocycles. The number of benzene rings is 1. The summed E-state index contributed by atoms with van der Waals surface area (Å²) < 4.78 is 4.78. The van der Waals surface area contributed by atoms with Crippen LogP contribution >= 0.6 is 11.3 Å². The molecule has 8 heteroatoms. The number of carbonyl (C=O) groups is 3. The van der Waals surface area contributed by atoms with E-state index in [-0.39, 0.29) is 18.4 Å². The van der Waals surface area contributed by atoms with E-state index >= 15 is 0 Å². The van der Waals surface area contributed by atoms with E-state index in [0.717, 1.165) is 0 Å². The van der Waals surface area contributed by atoms with E-state index in [1.54, 1.807) is 55.6 Å². The molecule has 0 bridgehead atoms. The van der Waals surface area contributed by atoms with Gasteiger partial charge in [0.1, 0.15) is 6.04 Å². The number of carbonyl (C=O) groups excluding carboxylic acids is 3. The standard InChI is InChI=1S/C17H19N3O4S/c1-3-24-17(23)20-13-8-6-12(7-9-13)19-15(21)11(2)18-16(22)14-5-4-10-25-14/h4-11H,3H2,1-2H3,(H,18,22)(H,19,21)(H,20,23)/t11-/m0/s1. The van der Waals surface area contributed by atoms with Crippen LogP contribution in [0.4, 0.5) is 16.2 Å². The van der Waals surface area contributed by atoms with Crippen molar-refractivity contribution in [3.8, 4) is 0 Å². The zero-order chi connectivity index (χ0) is 18.2. The molecule has 3 amide bonds. The van der Waals surface area contributed by atoms with Gasteiger partial charge in [-0.15, -0.1) is 11.3 Å². The average Bonchev–Trinajstić information content (AvgIpc) is 3.11. The first-order chi connectivity index (χ1) is 12.0. The fourth-order valence-electron chi connectivity index (χ4n) is 1.91. The lowest BCUT2D eigenvalue weighted by molar-refractivity contribution is -0.117. The normalized spacial score (nSPS) is 11.3. The van der Waals surface area contributed by atoms with Crippen molar-refractivity contribution in [2.75, 3.05) is 17.2 Å². The van der Waals surface area contributed by atoms with E-state index in [2.05, 4.69) is 16.0 Å². The van der Waals surface area contributed by atoms with E-state index in [1.807, 2.05) is 0 Å². The van der Waals surface area contributed by atoms with E-state index in [9.17, 15) is 14.4 Å². The molecule has 0 fully saturated rings. The summed E-state index contributed by atoms with van der Waals surface area (Å²) in [7, 11) is 0. The van der Waals surface area contributed by atoms with Crippen LogP contribution in [0.25, 0.3) is 0 Å². The zero-order valence-electron chi connectivity index (χ0n) is 13.9. The van der Waals surface area contributed by atoms with Crippen LogP contribution in [0, 0.1) is 0 Å². The van der Waals surface area contributed by atoms with E-state index in [1.165, 1.54) is 11.3 Å². The Hall–Kier alpha value is -2.87. The van der Waals surface area contributed by atoms with Crippen LogP contribution in [0.1, 0.15) is 23.5 Å². The first-order valence-corrected chi connectivity index (χ1v) is 8.56. The average molecular weight is 361 g/mol. The number of hydrogen-bond acceptors (Lipinski definition) is 5. The van der Waals surface area contributed by atoms with Crippen LogP contribution in [-0.4, -0.2) is 30.6 Å². The van der Waals surface area contributed by atoms with Crippen LogP contribution in [0.3, 0.4) is 0 Å². The molecule has 3 N–H and O–H groups in total. The minimum Gasteiger partial charge on any atom is -0.450 e. The Labute approximate surface area is 149 Å². The molecule has 0 saturated heterocycles. The zero-order valence-corrected chi connectivity index (χ0v) is 14.7. The summed E-state index contributed by atoms with van der Waals surface area (Å²) >= 11 is 1.31. The largest absolute Gasteiger partial charge is 0.450 e. The van der Waals surface area contributed by atoms with Crippen molar-refractivity contribution in [2.24, 2.45) is 0 Å². The van der Waals surface area contributed by atoms with Gasteiger partial charge in [-0.3, -0.25) is 14.9 Å². The SMILES string of the molecule is CCOC(=O)Nc1ccc(NC(=O)[C@H](C)NC(=O)c2cccs2)cc1. The number of ether oxygens (including phenoxy) is 1. The van der Waals surface area contributed by atoms with Gasteiger partial charge in [0.05, 0.1) is 11.5 Å². The first kappa shape index (κ1) is 18.5. The fraction of sp³-hybridized carbons (Fsp3) is 0.235. The molecule has 2 rings (SSSR count). The van der Waals surface area contributed by atoms with E-state index in [0.29, 0.717) is 16.3 Å². The van der Waals surface area contributed by atoms with Crippen LogP contribution < -0.4 is 16.0 Å². The van der Waals surface area contributed by atoms with Crippen molar-refractivity contribution in [2.45, 2.75) is 19.9 Å². The molecular formula is C17H19N3O4S. The van der Waals surface area contributed by atoms with Gasteiger partial charge in [0.2, 0.25) is 5.91 Å². The second-order valence-electron chi connectivity index (χ2n) is 5.08. The van der Waals surface area contributed by atoms with Gasteiger partial charge >= 0.3 is 6.09 Å². The van der Waals surface area contributed by atoms with Gasteiger partial charge in [-0.1, -0.05) is 6.07 Å². The summed E-state index contributed by atoms with van der Waals surface area (Å²) in [5.74, 6) is -0.623. The van der Waals surface area contributed by atoms with Gasteiger partial charge in [-0.25, -0.2) is 4.79 Å². The Kier molecular flexibility index (Phi) is 6.53. The lowest BCUT2D eigenvalue weighted by atomic mass is 10.2. The van der Waals surface area contributed by atoms with Gasteiger partial charge in [0.15, 0.2) is 0 Å². The summed E-state index contributed by atoms with van der Waals surface area (Å²) in [4.78, 5) is 36.0. The molecule has 7 nitrogen and oxygen atoms in total. The number of hydrogen-bond donors (Lipinski definition) is 3. The molecule has 0 radical (unpaired) electrons. The van der Waals surface area contributed by atoms with Crippen molar-refractivity contribution in [3.63, 3.8) is 0 Å². The monoisotopic (exact) mass is 361 g/mol. The van der Waals surface area contributed by atoms with Crippen LogP contribution in [0.5, 0.6) is 0 Å². The van der Waals surface area contributed by atoms with E-state index in [4.69, 9.17) is 4.74 Å². The smallest absolute Gasteiger partial charge is 0.411 e. The maximum absolute atomic E-state index is 12.2. The molecule has 1 aromatic heterocycles. The minimum absolute atomic E-state index is 0.286. The third kappa shape index (κ3) is 5.61. The fourth-order valence-corrected chi connectivity index (χ4v) is 2.54. The highest BCUT2D eigenvalue weighted by molar-refractivity contribution is 7.12. The number of thiophene rings is 1. The number of amides is 3. The lowest BCUT2D eigenvalue weighted by Gasteiger charge is -2.14. The molecule has 25 heavy (non-hydrogen) atoms. The topological polar surface area (TPSA) is 96.5 Å². The highest BCUT2D eigenvalue weighted by Crippen LogP contribution is 2.14. The molecule has 132 valence electrons. The van der Waals surface area contributed by atoms with Crippen LogP contribution in [0.15, 0.2) is 41.8 Å². The second-order valence-corrected chi connectivity index (χ2v) is 6.03. The van der Waals surface area contributed by atoms with Gasteiger partial charge < -0.3 is 15.4 Å². The predicted octanol–water partition coefficient (Wildman–Crippen LogP) is 3.07. The molecule has 0 aliphatic rings. The Morgan fingerprint density at radius 3 is 2.28 bits per heavy atom. The quantitative estimate of drug-likeness (QED) is 0.737. The molecule has 0 unspecified atom stereocenters. The van der Waals surface area contributed by atoms with Gasteiger partial charge in [0, 0.05) is 11.4 Å². The Balaban J connectivity index is 1.87. The first-order valence-electron chi connectivity index (χ1n) is 7.68. The predicted molar refractivity (Wildman–Crippen MR) is 97.0 cm³/mol. The van der Waals surface area contributed by atoms with Crippen molar-refractivity contribution in [1.29, 1.82) is 0 Å². The third-order valence-electron chi connectivity index (χ3n) is 3.16. The highest BCUT2D eigenvalue weighted by Gasteiger charge is 2.17. The maximum atomic E-state index is 12.2. The molecule has 0 spiro atoms. The summed E-state index contributed by atoms with van der Waals surface area (Å²) in [6.07, 6.45) is -0.538. The Bertz CT molecular complexity index is 729. The Morgan fingerprint density at radius 2 is 1.72 bits per heavy atom. The third-order valence-corrected chi connectivity index (χ3v) is 4.03. The Morgan fingerprint density at radius 1 is 1.08 bits per heavy atom. The molecule has 1 aromatic carbocycles. The maximum Gasteiger partial charge on any atom is 0.411 e. The van der Waals surface area contributed by atoms with Crippen LogP contribution in [-0.2, 0) is 9.53 Å². The van der Waals surface area contributed by atoms with Gasteiger partial charge in [0.25, 0.3) is 5.91 Å². The number of nitrogens with one attached hydrogen (secondary N) is 3. The second kappa shape index (κ2) is 8.84. The van der Waals surface area contributed by atoms with Crippen molar-refractivity contribution >= 4 is 40.6 Å². The summed E-state index contributed by atoms with van der Waals surface area (Å²) in [6, 6.07) is 9.35.